The molecule has 0 bridgehead atoms. The van der Waals surface area contributed by atoms with Gasteiger partial charge < -0.3 is 10.6 Å². The molecule has 1 rings (SSSR count). The fraction of sp³-hybridized carbons (Fsp3) is 0.500. The van der Waals surface area contributed by atoms with Gasteiger partial charge in [-0.1, -0.05) is 0 Å². The quantitative estimate of drug-likeness (QED) is 0.470. The van der Waals surface area contributed by atoms with Gasteiger partial charge in [0.15, 0.2) is 5.78 Å². The molecule has 1 aliphatic heterocycles. The van der Waals surface area contributed by atoms with Gasteiger partial charge in [0, 0.05) is 19.2 Å². The number of hydrogen-bond acceptors (Lipinski definition) is 3. The minimum absolute atomic E-state index is 0.0758. The van der Waals surface area contributed by atoms with Gasteiger partial charge in [-0.2, -0.15) is 0 Å². The molecule has 1 saturated heterocycles. The van der Waals surface area contributed by atoms with E-state index in [-0.39, 0.29) is 5.78 Å². The molecule has 0 aromatic heterocycles. The SMILES string of the molecule is CC(=O)C=C1NCCN1. The molecule has 3 heteroatoms. The number of carbonyl (C=O) groups excluding carboxylic acids is 1. The minimum atomic E-state index is 0.0758. The van der Waals surface area contributed by atoms with Gasteiger partial charge in [-0.15, -0.1) is 0 Å². The molecule has 0 aromatic carbocycles. The van der Waals surface area contributed by atoms with E-state index in [4.69, 9.17) is 0 Å². The summed E-state index contributed by atoms with van der Waals surface area (Å²) in [4.78, 5) is 10.4. The first-order chi connectivity index (χ1) is 4.29. The summed E-state index contributed by atoms with van der Waals surface area (Å²) in [6.45, 7) is 3.37. The van der Waals surface area contributed by atoms with Crippen molar-refractivity contribution in [1.82, 2.24) is 10.6 Å². The van der Waals surface area contributed by atoms with Gasteiger partial charge in [0.25, 0.3) is 0 Å². The van der Waals surface area contributed by atoms with Crippen LogP contribution in [0.5, 0.6) is 0 Å². The van der Waals surface area contributed by atoms with Crippen LogP contribution in [0.1, 0.15) is 6.92 Å². The largest absolute Gasteiger partial charge is 0.370 e. The van der Waals surface area contributed by atoms with Gasteiger partial charge in [0.2, 0.25) is 0 Å². The first-order valence-electron chi connectivity index (χ1n) is 2.99. The maximum atomic E-state index is 10.4. The van der Waals surface area contributed by atoms with Crippen molar-refractivity contribution in [2.45, 2.75) is 6.92 Å². The van der Waals surface area contributed by atoms with Crippen LogP contribution in [0.25, 0.3) is 0 Å². The number of carbonyl (C=O) groups is 1. The Balaban J connectivity index is 2.49. The standard InChI is InChI=1S/C6H10N2O/c1-5(9)4-6-7-2-3-8-6/h4,7-8H,2-3H2,1H3. The average molecular weight is 126 g/mol. The summed E-state index contributed by atoms with van der Waals surface area (Å²) in [5, 5.41) is 6.03. The second kappa shape index (κ2) is 2.53. The Morgan fingerprint density at radius 2 is 2.11 bits per heavy atom. The van der Waals surface area contributed by atoms with Crippen LogP contribution < -0.4 is 10.6 Å². The van der Waals surface area contributed by atoms with Gasteiger partial charge in [-0.25, -0.2) is 0 Å². The monoisotopic (exact) mass is 126 g/mol. The van der Waals surface area contributed by atoms with E-state index >= 15 is 0 Å². The third kappa shape index (κ3) is 1.76. The molecule has 0 saturated carbocycles. The van der Waals surface area contributed by atoms with Crippen molar-refractivity contribution in [2.24, 2.45) is 0 Å². The Morgan fingerprint density at radius 1 is 1.56 bits per heavy atom. The average Bonchev–Trinajstić information content (AvgIpc) is 2.15. The Bertz CT molecular complexity index is 143. The maximum Gasteiger partial charge on any atom is 0.156 e. The lowest BCUT2D eigenvalue weighted by molar-refractivity contribution is -0.112. The summed E-state index contributed by atoms with van der Waals surface area (Å²) in [7, 11) is 0. The molecule has 0 amide bonds. The number of allylic oxidation sites excluding steroid dienone is 1. The van der Waals surface area contributed by atoms with Crippen LogP contribution in [-0.2, 0) is 4.79 Å². The first kappa shape index (κ1) is 6.13. The van der Waals surface area contributed by atoms with Crippen molar-refractivity contribution in [3.8, 4) is 0 Å². The molecule has 50 valence electrons. The summed E-state index contributed by atoms with van der Waals surface area (Å²) < 4.78 is 0. The second-order valence-electron chi connectivity index (χ2n) is 2.02. The lowest BCUT2D eigenvalue weighted by Gasteiger charge is -1.94. The van der Waals surface area contributed by atoms with Crippen LogP contribution in [-0.4, -0.2) is 18.9 Å². The Morgan fingerprint density at radius 3 is 2.56 bits per heavy atom. The molecule has 0 aliphatic carbocycles. The van der Waals surface area contributed by atoms with Gasteiger partial charge in [-0.3, -0.25) is 4.79 Å². The second-order valence-corrected chi connectivity index (χ2v) is 2.02. The highest BCUT2D eigenvalue weighted by atomic mass is 16.1. The van der Waals surface area contributed by atoms with Crippen molar-refractivity contribution in [2.75, 3.05) is 13.1 Å². The van der Waals surface area contributed by atoms with Crippen LogP contribution in [0.3, 0.4) is 0 Å². The molecule has 1 fully saturated rings. The number of rotatable bonds is 1. The number of nitrogens with one attached hydrogen (secondary N) is 2. The van der Waals surface area contributed by atoms with Crippen LogP contribution in [0.15, 0.2) is 11.9 Å². The van der Waals surface area contributed by atoms with Crippen LogP contribution >= 0.6 is 0 Å². The molecule has 0 radical (unpaired) electrons. The molecule has 1 aliphatic rings. The van der Waals surface area contributed by atoms with E-state index < -0.39 is 0 Å². The van der Waals surface area contributed by atoms with E-state index in [0.29, 0.717) is 0 Å². The Hall–Kier alpha value is -0.990. The predicted molar refractivity (Wildman–Crippen MR) is 34.8 cm³/mol. The maximum absolute atomic E-state index is 10.4. The van der Waals surface area contributed by atoms with E-state index in [0.717, 1.165) is 18.9 Å². The van der Waals surface area contributed by atoms with E-state index in [1.807, 2.05) is 0 Å². The fourth-order valence-corrected chi connectivity index (χ4v) is 0.762. The number of ketones is 1. The predicted octanol–water partition coefficient (Wildman–Crippen LogP) is -0.390. The third-order valence-electron chi connectivity index (χ3n) is 1.10. The van der Waals surface area contributed by atoms with Crippen LogP contribution in [0.4, 0.5) is 0 Å². The van der Waals surface area contributed by atoms with Crippen molar-refractivity contribution < 1.29 is 4.79 Å². The minimum Gasteiger partial charge on any atom is -0.370 e. The Labute approximate surface area is 54.1 Å². The van der Waals surface area contributed by atoms with E-state index in [9.17, 15) is 4.79 Å². The molecule has 0 atom stereocenters. The van der Waals surface area contributed by atoms with E-state index in [1.165, 1.54) is 6.92 Å². The molecule has 3 nitrogen and oxygen atoms in total. The van der Waals surface area contributed by atoms with E-state index in [1.54, 1.807) is 6.08 Å². The highest BCUT2D eigenvalue weighted by molar-refractivity contribution is 5.87. The highest BCUT2D eigenvalue weighted by Gasteiger charge is 2.02. The van der Waals surface area contributed by atoms with Crippen LogP contribution in [0, 0.1) is 0 Å². The molecule has 0 aromatic rings. The summed E-state index contributed by atoms with van der Waals surface area (Å²) in [6.07, 6.45) is 1.56. The van der Waals surface area contributed by atoms with Gasteiger partial charge in [-0.05, 0) is 6.92 Å². The zero-order chi connectivity index (χ0) is 6.69. The molecular weight excluding hydrogens is 116 g/mol. The fourth-order valence-electron chi connectivity index (χ4n) is 0.762. The van der Waals surface area contributed by atoms with Crippen molar-refractivity contribution in [3.05, 3.63) is 11.9 Å². The first-order valence-corrected chi connectivity index (χ1v) is 2.99. The van der Waals surface area contributed by atoms with Crippen molar-refractivity contribution in [3.63, 3.8) is 0 Å². The summed E-state index contributed by atoms with van der Waals surface area (Å²) in [5.41, 5.74) is 0. The van der Waals surface area contributed by atoms with Gasteiger partial charge in [0.05, 0.1) is 0 Å². The smallest absolute Gasteiger partial charge is 0.156 e. The van der Waals surface area contributed by atoms with E-state index in [2.05, 4.69) is 10.6 Å². The summed E-state index contributed by atoms with van der Waals surface area (Å²) in [6, 6.07) is 0. The molecule has 9 heavy (non-hydrogen) atoms. The molecular formula is C6H10N2O. The number of hydrogen-bond donors (Lipinski definition) is 2. The van der Waals surface area contributed by atoms with Gasteiger partial charge in [0.1, 0.15) is 5.82 Å². The molecule has 0 unspecified atom stereocenters. The zero-order valence-electron chi connectivity index (χ0n) is 5.40. The summed E-state index contributed by atoms with van der Waals surface area (Å²) >= 11 is 0. The van der Waals surface area contributed by atoms with Gasteiger partial charge >= 0.3 is 0 Å². The normalized spacial score (nSPS) is 16.3. The molecule has 1 heterocycles. The van der Waals surface area contributed by atoms with Crippen molar-refractivity contribution >= 4 is 5.78 Å². The zero-order valence-corrected chi connectivity index (χ0v) is 5.40. The highest BCUT2D eigenvalue weighted by Crippen LogP contribution is 1.88. The lowest BCUT2D eigenvalue weighted by Crippen LogP contribution is -2.11. The lowest BCUT2D eigenvalue weighted by atomic mass is 10.4. The molecule has 2 N–H and O–H groups in total. The van der Waals surface area contributed by atoms with Crippen molar-refractivity contribution in [1.29, 1.82) is 0 Å². The molecule has 0 spiro atoms. The summed E-state index contributed by atoms with van der Waals surface area (Å²) in [5.74, 6) is 0.925. The Kier molecular flexibility index (Phi) is 1.72. The topological polar surface area (TPSA) is 41.1 Å². The van der Waals surface area contributed by atoms with Crippen LogP contribution in [0.2, 0.25) is 0 Å². The third-order valence-corrected chi connectivity index (χ3v) is 1.10.